The van der Waals surface area contributed by atoms with E-state index in [1.165, 1.54) is 10.8 Å². The van der Waals surface area contributed by atoms with Crippen molar-refractivity contribution in [2.45, 2.75) is 51.7 Å². The highest BCUT2D eigenvalue weighted by molar-refractivity contribution is 14.1. The minimum absolute atomic E-state index is 0.289. The van der Waals surface area contributed by atoms with Crippen LogP contribution in [0.2, 0.25) is 18.1 Å². The number of hydrogen-bond acceptors (Lipinski definition) is 1. The molecule has 0 rings (SSSR count). The van der Waals surface area contributed by atoms with Crippen LogP contribution in [0.5, 0.6) is 0 Å². The normalized spacial score (nSPS) is 12.1. The summed E-state index contributed by atoms with van der Waals surface area (Å²) < 4.78 is 7.13. The van der Waals surface area contributed by atoms with E-state index in [1.54, 1.807) is 0 Å². The zero-order chi connectivity index (χ0) is 11.9. The van der Waals surface area contributed by atoms with Gasteiger partial charge in [-0.25, -0.2) is 0 Å². The first kappa shape index (κ1) is 15.5. The Morgan fingerprint density at radius 3 is 2.27 bits per heavy atom. The lowest BCUT2D eigenvalue weighted by Gasteiger charge is -2.35. The van der Waals surface area contributed by atoms with Gasteiger partial charge in [0.15, 0.2) is 8.32 Å². The van der Waals surface area contributed by atoms with Crippen LogP contribution in [-0.4, -0.2) is 19.4 Å². The van der Waals surface area contributed by atoms with E-state index in [0.29, 0.717) is 6.61 Å². The van der Waals surface area contributed by atoms with E-state index in [-0.39, 0.29) is 5.04 Å². The minimum atomic E-state index is -1.58. The molecule has 1 nitrogen and oxygen atoms in total. The maximum absolute atomic E-state index is 5.94. The van der Waals surface area contributed by atoms with Gasteiger partial charge in [0.1, 0.15) is 0 Å². The second-order valence-corrected chi connectivity index (χ2v) is 11.1. The standard InChI is InChI=1S/C12H23IOSi/c1-12(2,3)15(4,5)14-11-9-7-6-8-10-13/h6,8,10-11H2,1-5H3. The van der Waals surface area contributed by atoms with Crippen molar-refractivity contribution < 1.29 is 4.43 Å². The summed E-state index contributed by atoms with van der Waals surface area (Å²) in [5, 5.41) is 0.289. The van der Waals surface area contributed by atoms with Crippen molar-refractivity contribution in [1.29, 1.82) is 0 Å². The van der Waals surface area contributed by atoms with Gasteiger partial charge >= 0.3 is 0 Å². The van der Waals surface area contributed by atoms with E-state index in [9.17, 15) is 0 Å². The van der Waals surface area contributed by atoms with E-state index in [1.807, 2.05) is 0 Å². The molecule has 15 heavy (non-hydrogen) atoms. The van der Waals surface area contributed by atoms with E-state index >= 15 is 0 Å². The van der Waals surface area contributed by atoms with Gasteiger partial charge in [0.2, 0.25) is 0 Å². The summed E-state index contributed by atoms with van der Waals surface area (Å²) in [6.45, 7) is 11.9. The second kappa shape index (κ2) is 6.92. The molecule has 0 N–H and O–H groups in total. The Balaban J connectivity index is 3.88. The van der Waals surface area contributed by atoms with Crippen LogP contribution in [0.3, 0.4) is 0 Å². The highest BCUT2D eigenvalue weighted by Gasteiger charge is 2.36. The molecular weight excluding hydrogens is 315 g/mol. The predicted octanol–water partition coefficient (Wildman–Crippen LogP) is 4.23. The Bertz CT molecular complexity index is 232. The molecule has 88 valence electrons. The molecule has 0 amide bonds. The third-order valence-electron chi connectivity index (χ3n) is 2.87. The Kier molecular flexibility index (Phi) is 7.14. The molecule has 0 fully saturated rings. The zero-order valence-corrected chi connectivity index (χ0v) is 13.8. The Morgan fingerprint density at radius 2 is 1.80 bits per heavy atom. The lowest BCUT2D eigenvalue weighted by molar-refractivity contribution is 0.334. The summed E-state index contributed by atoms with van der Waals surface area (Å²) in [6.07, 6.45) is 2.19. The van der Waals surface area contributed by atoms with Gasteiger partial charge in [-0.2, -0.15) is 0 Å². The van der Waals surface area contributed by atoms with Crippen LogP contribution in [0.15, 0.2) is 0 Å². The van der Waals surface area contributed by atoms with Gasteiger partial charge in [0.05, 0.1) is 6.61 Å². The summed E-state index contributed by atoms with van der Waals surface area (Å²) in [5.41, 5.74) is 0. The number of unbranched alkanes of at least 4 members (excludes halogenated alkanes) is 1. The third-order valence-corrected chi connectivity index (χ3v) is 8.11. The number of alkyl halides is 1. The molecule has 0 aromatic heterocycles. The monoisotopic (exact) mass is 338 g/mol. The minimum Gasteiger partial charge on any atom is -0.406 e. The highest BCUT2D eigenvalue weighted by atomic mass is 127. The fraction of sp³-hybridized carbons (Fsp3) is 0.833. The van der Waals surface area contributed by atoms with Crippen molar-refractivity contribution in [3.05, 3.63) is 0 Å². The topological polar surface area (TPSA) is 9.23 Å². The van der Waals surface area contributed by atoms with E-state index in [0.717, 1.165) is 6.42 Å². The van der Waals surface area contributed by atoms with Gasteiger partial charge in [-0.3, -0.25) is 0 Å². The molecule has 3 heteroatoms. The highest BCUT2D eigenvalue weighted by Crippen LogP contribution is 2.36. The molecule has 0 saturated carbocycles. The van der Waals surface area contributed by atoms with Crippen LogP contribution >= 0.6 is 22.6 Å². The molecular formula is C12H23IOSi. The lowest BCUT2D eigenvalue weighted by Crippen LogP contribution is -2.40. The summed E-state index contributed by atoms with van der Waals surface area (Å²) in [7, 11) is -1.58. The van der Waals surface area contributed by atoms with E-state index < -0.39 is 8.32 Å². The largest absolute Gasteiger partial charge is 0.406 e. The smallest absolute Gasteiger partial charge is 0.193 e. The fourth-order valence-corrected chi connectivity index (χ4v) is 1.98. The van der Waals surface area contributed by atoms with E-state index in [4.69, 9.17) is 4.43 Å². The van der Waals surface area contributed by atoms with Gasteiger partial charge < -0.3 is 4.43 Å². The van der Waals surface area contributed by atoms with Crippen molar-refractivity contribution in [2.75, 3.05) is 11.0 Å². The summed E-state index contributed by atoms with van der Waals surface area (Å²) >= 11 is 2.38. The number of halogens is 1. The molecule has 0 aliphatic carbocycles. The molecule has 0 spiro atoms. The molecule has 0 aliphatic rings. The Labute approximate surface area is 110 Å². The van der Waals surface area contributed by atoms with Crippen molar-refractivity contribution in [3.63, 3.8) is 0 Å². The molecule has 0 bridgehead atoms. The molecule has 0 aliphatic heterocycles. The van der Waals surface area contributed by atoms with Crippen LogP contribution in [-0.2, 0) is 4.43 Å². The maximum atomic E-state index is 5.94. The molecule has 0 aromatic carbocycles. The van der Waals surface area contributed by atoms with E-state index in [2.05, 4.69) is 68.3 Å². The SMILES string of the molecule is CC(C)(C)[Si](C)(C)OCC#CCCCI. The van der Waals surface area contributed by atoms with Crippen LogP contribution in [0.25, 0.3) is 0 Å². The summed E-state index contributed by atoms with van der Waals surface area (Å²) in [4.78, 5) is 0. The molecule has 0 radical (unpaired) electrons. The van der Waals surface area contributed by atoms with Crippen LogP contribution < -0.4 is 0 Å². The first-order valence-corrected chi connectivity index (χ1v) is 9.90. The van der Waals surface area contributed by atoms with Gasteiger partial charge in [0, 0.05) is 10.8 Å². The maximum Gasteiger partial charge on any atom is 0.193 e. The number of rotatable bonds is 4. The van der Waals surface area contributed by atoms with Crippen molar-refractivity contribution >= 4 is 30.9 Å². The molecule has 0 unspecified atom stereocenters. The molecule has 0 aromatic rings. The van der Waals surface area contributed by atoms with Crippen molar-refractivity contribution in [1.82, 2.24) is 0 Å². The van der Waals surface area contributed by atoms with Crippen LogP contribution in [0.4, 0.5) is 0 Å². The van der Waals surface area contributed by atoms with Crippen molar-refractivity contribution in [2.24, 2.45) is 0 Å². The van der Waals surface area contributed by atoms with Crippen molar-refractivity contribution in [3.8, 4) is 11.8 Å². The van der Waals surface area contributed by atoms with Gasteiger partial charge in [0.25, 0.3) is 0 Å². The zero-order valence-electron chi connectivity index (χ0n) is 10.6. The lowest BCUT2D eigenvalue weighted by atomic mass is 10.2. The molecule has 0 atom stereocenters. The Hall–Kier alpha value is 0.467. The van der Waals surface area contributed by atoms with Crippen LogP contribution in [0, 0.1) is 11.8 Å². The average molecular weight is 338 g/mol. The van der Waals surface area contributed by atoms with Crippen LogP contribution in [0.1, 0.15) is 33.6 Å². The predicted molar refractivity (Wildman–Crippen MR) is 79.0 cm³/mol. The quantitative estimate of drug-likeness (QED) is 0.245. The summed E-state index contributed by atoms with van der Waals surface area (Å²) in [5.74, 6) is 6.26. The van der Waals surface area contributed by atoms with Gasteiger partial charge in [-0.15, -0.1) is 5.92 Å². The molecule has 0 saturated heterocycles. The average Bonchev–Trinajstić information content (AvgIpc) is 2.09. The van der Waals surface area contributed by atoms with Gasteiger partial charge in [-0.05, 0) is 24.6 Å². The second-order valence-electron chi connectivity index (χ2n) is 5.20. The first-order valence-electron chi connectivity index (χ1n) is 5.47. The Morgan fingerprint density at radius 1 is 1.20 bits per heavy atom. The first-order chi connectivity index (χ1) is 6.81. The molecule has 0 heterocycles. The summed E-state index contributed by atoms with van der Waals surface area (Å²) in [6, 6.07) is 0. The van der Waals surface area contributed by atoms with Gasteiger partial charge in [-0.1, -0.05) is 49.3 Å². The number of hydrogen-bond donors (Lipinski definition) is 0. The fourth-order valence-electron chi connectivity index (χ4n) is 0.728. The third kappa shape index (κ3) is 6.59.